The number of hydrogen-bond donors (Lipinski definition) is 0. The number of amides is 1. The van der Waals surface area contributed by atoms with Crippen LogP contribution in [0.2, 0.25) is 10.0 Å². The van der Waals surface area contributed by atoms with Gasteiger partial charge < -0.3 is 4.90 Å². The van der Waals surface area contributed by atoms with E-state index in [0.29, 0.717) is 21.3 Å². The Labute approximate surface area is 168 Å². The normalized spacial score (nSPS) is 15.0. The third-order valence-corrected chi connectivity index (χ3v) is 5.44. The highest BCUT2D eigenvalue weighted by molar-refractivity contribution is 6.34. The summed E-state index contributed by atoms with van der Waals surface area (Å²) >= 11 is 12.6. The van der Waals surface area contributed by atoms with E-state index in [1.54, 1.807) is 6.07 Å². The lowest BCUT2D eigenvalue weighted by atomic mass is 10.1. The molecule has 6 heteroatoms. The molecule has 138 valence electrons. The molecule has 0 bridgehead atoms. The number of benzene rings is 2. The molecule has 3 aromatic rings. The number of nitrogens with zero attached hydrogens (tertiary/aromatic N) is 3. The van der Waals surface area contributed by atoms with Gasteiger partial charge in [0.25, 0.3) is 5.91 Å². The Balaban J connectivity index is 1.86. The summed E-state index contributed by atoms with van der Waals surface area (Å²) in [7, 11) is 0. The minimum atomic E-state index is -0.123. The van der Waals surface area contributed by atoms with E-state index in [1.165, 1.54) is 0 Å². The molecule has 0 N–H and O–H groups in total. The van der Waals surface area contributed by atoms with E-state index >= 15 is 0 Å². The monoisotopic (exact) mass is 399 g/mol. The first-order valence-electron chi connectivity index (χ1n) is 9.15. The van der Waals surface area contributed by atoms with Gasteiger partial charge in [0, 0.05) is 34.1 Å². The zero-order valence-corrected chi connectivity index (χ0v) is 16.3. The molecule has 1 aliphatic rings. The molecule has 0 spiro atoms. The van der Waals surface area contributed by atoms with Crippen LogP contribution in [0, 0.1) is 0 Å². The molecule has 1 amide bonds. The van der Waals surface area contributed by atoms with Crippen molar-refractivity contribution in [3.05, 3.63) is 58.3 Å². The highest BCUT2D eigenvalue weighted by atomic mass is 35.5. The topological polar surface area (TPSA) is 46.1 Å². The SMILES string of the molecule is O=C(c1nc(-c2ccccc2Cl)c2cc(Cl)ccc2n1)N1CCCCCC1. The van der Waals surface area contributed by atoms with Crippen molar-refractivity contribution in [3.8, 4) is 11.3 Å². The molecule has 4 nitrogen and oxygen atoms in total. The van der Waals surface area contributed by atoms with E-state index in [2.05, 4.69) is 9.97 Å². The molecule has 2 heterocycles. The number of hydrogen-bond acceptors (Lipinski definition) is 3. The summed E-state index contributed by atoms with van der Waals surface area (Å²) in [5.41, 5.74) is 2.08. The maximum Gasteiger partial charge on any atom is 0.291 e. The third kappa shape index (κ3) is 3.78. The van der Waals surface area contributed by atoms with Gasteiger partial charge in [0.15, 0.2) is 0 Å². The Morgan fingerprint density at radius 3 is 2.41 bits per heavy atom. The van der Waals surface area contributed by atoms with Gasteiger partial charge in [-0.1, -0.05) is 54.2 Å². The van der Waals surface area contributed by atoms with E-state index < -0.39 is 0 Å². The molecule has 1 aliphatic heterocycles. The van der Waals surface area contributed by atoms with Crippen LogP contribution in [0.25, 0.3) is 22.2 Å². The molecular weight excluding hydrogens is 381 g/mol. The Bertz CT molecular complexity index is 998. The average Bonchev–Trinajstić information content (AvgIpc) is 2.97. The standard InChI is InChI=1S/C21H19Cl2N3O/c22-14-9-10-18-16(13-14)19(15-7-3-4-8-17(15)23)25-20(24-18)21(27)26-11-5-1-2-6-12-26/h3-4,7-10,13H,1-2,5-6,11-12H2. The van der Waals surface area contributed by atoms with Gasteiger partial charge in [0.05, 0.1) is 11.2 Å². The maximum absolute atomic E-state index is 13.1. The van der Waals surface area contributed by atoms with Gasteiger partial charge in [0.2, 0.25) is 5.82 Å². The van der Waals surface area contributed by atoms with E-state index in [-0.39, 0.29) is 11.7 Å². The molecule has 0 aliphatic carbocycles. The van der Waals surface area contributed by atoms with Crippen LogP contribution < -0.4 is 0 Å². The Morgan fingerprint density at radius 1 is 0.926 bits per heavy atom. The summed E-state index contributed by atoms with van der Waals surface area (Å²) in [5, 5.41) is 1.94. The minimum absolute atomic E-state index is 0.123. The zero-order chi connectivity index (χ0) is 18.8. The van der Waals surface area contributed by atoms with Crippen molar-refractivity contribution < 1.29 is 4.79 Å². The zero-order valence-electron chi connectivity index (χ0n) is 14.8. The van der Waals surface area contributed by atoms with Crippen molar-refractivity contribution in [2.75, 3.05) is 13.1 Å². The molecule has 27 heavy (non-hydrogen) atoms. The van der Waals surface area contributed by atoms with Gasteiger partial charge in [0.1, 0.15) is 0 Å². The number of halogens is 2. The van der Waals surface area contributed by atoms with E-state index in [4.69, 9.17) is 23.2 Å². The van der Waals surface area contributed by atoms with Gasteiger partial charge in [-0.3, -0.25) is 4.79 Å². The molecule has 1 aromatic heterocycles. The third-order valence-electron chi connectivity index (χ3n) is 4.87. The largest absolute Gasteiger partial charge is 0.336 e. The van der Waals surface area contributed by atoms with Crippen molar-refractivity contribution in [2.45, 2.75) is 25.7 Å². The van der Waals surface area contributed by atoms with Gasteiger partial charge in [-0.25, -0.2) is 9.97 Å². The van der Waals surface area contributed by atoms with Crippen molar-refractivity contribution in [1.82, 2.24) is 14.9 Å². The van der Waals surface area contributed by atoms with Crippen molar-refractivity contribution in [1.29, 1.82) is 0 Å². The fourth-order valence-electron chi connectivity index (χ4n) is 3.47. The average molecular weight is 400 g/mol. The Morgan fingerprint density at radius 2 is 1.67 bits per heavy atom. The Kier molecular flexibility index (Phi) is 5.28. The number of carbonyl (C=O) groups excluding carboxylic acids is 1. The molecule has 0 saturated carbocycles. The smallest absolute Gasteiger partial charge is 0.291 e. The summed E-state index contributed by atoms with van der Waals surface area (Å²) in [6.45, 7) is 1.50. The Hall–Kier alpha value is -2.17. The number of carbonyl (C=O) groups is 1. The van der Waals surface area contributed by atoms with E-state index in [0.717, 1.165) is 49.7 Å². The predicted octanol–water partition coefficient (Wildman–Crippen LogP) is 5.62. The first-order valence-corrected chi connectivity index (χ1v) is 9.90. The van der Waals surface area contributed by atoms with Crippen LogP contribution in [0.4, 0.5) is 0 Å². The van der Waals surface area contributed by atoms with Gasteiger partial charge in [-0.05, 0) is 37.1 Å². The second kappa shape index (κ2) is 7.83. The lowest BCUT2D eigenvalue weighted by Gasteiger charge is -2.20. The fourth-order valence-corrected chi connectivity index (χ4v) is 3.87. The van der Waals surface area contributed by atoms with E-state index in [9.17, 15) is 4.79 Å². The van der Waals surface area contributed by atoms with Crippen LogP contribution in [0.1, 0.15) is 36.3 Å². The summed E-state index contributed by atoms with van der Waals surface area (Å²) in [4.78, 5) is 24.1. The number of rotatable bonds is 2. The van der Waals surface area contributed by atoms with Gasteiger partial charge >= 0.3 is 0 Å². The molecule has 0 unspecified atom stereocenters. The first-order chi connectivity index (χ1) is 13.1. The van der Waals surface area contributed by atoms with E-state index in [1.807, 2.05) is 41.3 Å². The summed E-state index contributed by atoms with van der Waals surface area (Å²) in [5.74, 6) is 0.0868. The molecule has 0 radical (unpaired) electrons. The second-order valence-corrected chi connectivity index (χ2v) is 7.59. The maximum atomic E-state index is 13.1. The van der Waals surface area contributed by atoms with Crippen LogP contribution in [0.5, 0.6) is 0 Å². The van der Waals surface area contributed by atoms with Gasteiger partial charge in [-0.2, -0.15) is 0 Å². The highest BCUT2D eigenvalue weighted by Crippen LogP contribution is 2.33. The molecule has 4 rings (SSSR count). The summed E-state index contributed by atoms with van der Waals surface area (Å²) < 4.78 is 0. The molecule has 1 fully saturated rings. The van der Waals surface area contributed by atoms with Gasteiger partial charge in [-0.15, -0.1) is 0 Å². The quantitative estimate of drug-likeness (QED) is 0.561. The van der Waals surface area contributed by atoms with Crippen LogP contribution in [-0.4, -0.2) is 33.9 Å². The van der Waals surface area contributed by atoms with Crippen molar-refractivity contribution in [3.63, 3.8) is 0 Å². The number of likely N-dealkylation sites (tertiary alicyclic amines) is 1. The molecule has 1 saturated heterocycles. The summed E-state index contributed by atoms with van der Waals surface area (Å²) in [6, 6.07) is 12.9. The van der Waals surface area contributed by atoms with Crippen LogP contribution in [0.3, 0.4) is 0 Å². The van der Waals surface area contributed by atoms with Crippen LogP contribution >= 0.6 is 23.2 Å². The van der Waals surface area contributed by atoms with Crippen LogP contribution in [-0.2, 0) is 0 Å². The first kappa shape index (κ1) is 18.2. The summed E-state index contributed by atoms with van der Waals surface area (Å²) in [6.07, 6.45) is 4.36. The second-order valence-electron chi connectivity index (χ2n) is 6.74. The molecule has 0 atom stereocenters. The number of fused-ring (bicyclic) bond motifs is 1. The van der Waals surface area contributed by atoms with Crippen molar-refractivity contribution in [2.24, 2.45) is 0 Å². The fraction of sp³-hybridized carbons (Fsp3) is 0.286. The molecular formula is C21H19Cl2N3O. The highest BCUT2D eigenvalue weighted by Gasteiger charge is 2.22. The predicted molar refractivity (Wildman–Crippen MR) is 109 cm³/mol. The molecule has 2 aromatic carbocycles. The number of aromatic nitrogens is 2. The lowest BCUT2D eigenvalue weighted by molar-refractivity contribution is 0.0750. The van der Waals surface area contributed by atoms with Crippen LogP contribution in [0.15, 0.2) is 42.5 Å². The van der Waals surface area contributed by atoms with Crippen molar-refractivity contribution >= 4 is 40.0 Å². The minimum Gasteiger partial charge on any atom is -0.336 e. The lowest BCUT2D eigenvalue weighted by Crippen LogP contribution is -2.33.